The van der Waals surface area contributed by atoms with E-state index < -0.39 is 23.3 Å². The van der Waals surface area contributed by atoms with Crippen molar-refractivity contribution in [1.29, 1.82) is 0 Å². The SMILES string of the molecule is CCOC(=O)c1ccc(-n2c(=O)c3c(C)csc3n(C[C@H](OC3CCOCC3)c3ccccc3OC)c2=O)cc1. The van der Waals surface area contributed by atoms with E-state index in [0.29, 0.717) is 40.4 Å². The Kier molecular flexibility index (Phi) is 8.49. The highest BCUT2D eigenvalue weighted by molar-refractivity contribution is 7.17. The third-order valence-corrected chi connectivity index (χ3v) is 8.15. The van der Waals surface area contributed by atoms with Crippen molar-refractivity contribution in [3.8, 4) is 11.4 Å². The number of para-hydroxylation sites is 1. The van der Waals surface area contributed by atoms with Crippen LogP contribution >= 0.6 is 11.3 Å². The molecule has 10 heteroatoms. The lowest BCUT2D eigenvalue weighted by molar-refractivity contribution is -0.0752. The summed E-state index contributed by atoms with van der Waals surface area (Å²) in [6, 6.07) is 13.9. The Morgan fingerprint density at radius 1 is 1.10 bits per heavy atom. The maximum atomic E-state index is 14.1. The molecule has 9 nitrogen and oxygen atoms in total. The van der Waals surface area contributed by atoms with E-state index in [0.717, 1.165) is 28.5 Å². The number of nitrogens with zero attached hydrogens (tertiary/aromatic N) is 2. The second-order valence-corrected chi connectivity index (χ2v) is 10.4. The monoisotopic (exact) mass is 564 g/mol. The lowest BCUT2D eigenvalue weighted by Gasteiger charge is -2.29. The predicted molar refractivity (Wildman–Crippen MR) is 153 cm³/mol. The Morgan fingerprint density at radius 3 is 2.52 bits per heavy atom. The molecule has 0 saturated carbocycles. The van der Waals surface area contributed by atoms with Gasteiger partial charge in [-0.2, -0.15) is 0 Å². The number of esters is 1. The first-order valence-electron chi connectivity index (χ1n) is 13.3. The van der Waals surface area contributed by atoms with Gasteiger partial charge in [0.1, 0.15) is 16.7 Å². The minimum Gasteiger partial charge on any atom is -0.496 e. The van der Waals surface area contributed by atoms with Crippen molar-refractivity contribution in [1.82, 2.24) is 9.13 Å². The first-order valence-corrected chi connectivity index (χ1v) is 14.2. The molecule has 0 unspecified atom stereocenters. The number of carbonyl (C=O) groups excluding carboxylic acids is 1. The largest absolute Gasteiger partial charge is 0.496 e. The molecule has 2 aromatic heterocycles. The smallest absolute Gasteiger partial charge is 0.338 e. The Hall–Kier alpha value is -3.73. The third-order valence-electron chi connectivity index (χ3n) is 7.04. The van der Waals surface area contributed by atoms with Crippen LogP contribution in [0.25, 0.3) is 15.9 Å². The first-order chi connectivity index (χ1) is 19.4. The van der Waals surface area contributed by atoms with E-state index in [2.05, 4.69) is 0 Å². The maximum absolute atomic E-state index is 14.1. The van der Waals surface area contributed by atoms with Crippen molar-refractivity contribution in [3.05, 3.63) is 91.4 Å². The molecule has 210 valence electrons. The normalized spacial score (nSPS) is 14.8. The van der Waals surface area contributed by atoms with Crippen LogP contribution in [-0.2, 0) is 20.8 Å². The zero-order valence-electron chi connectivity index (χ0n) is 22.8. The van der Waals surface area contributed by atoms with Gasteiger partial charge in [-0.1, -0.05) is 18.2 Å². The summed E-state index contributed by atoms with van der Waals surface area (Å²) >= 11 is 1.36. The molecule has 1 aliphatic rings. The molecule has 0 radical (unpaired) electrons. The molecule has 0 N–H and O–H groups in total. The molecule has 1 aliphatic heterocycles. The highest BCUT2D eigenvalue weighted by Gasteiger charge is 2.27. The molecule has 4 aromatic rings. The van der Waals surface area contributed by atoms with Gasteiger partial charge in [0.25, 0.3) is 5.56 Å². The number of hydrogen-bond donors (Lipinski definition) is 0. The Morgan fingerprint density at radius 2 is 1.82 bits per heavy atom. The standard InChI is InChI=1S/C30H32N2O7S/c1-4-38-29(34)20-9-11-21(12-10-20)32-27(33)26-19(2)18-40-28(26)31(30(32)35)17-25(39-22-13-15-37-16-14-22)23-7-5-6-8-24(23)36-3/h5-12,18,22,25H,4,13-17H2,1-3H3/t25-/m0/s1. The zero-order chi connectivity index (χ0) is 28.2. The molecular weight excluding hydrogens is 532 g/mol. The average Bonchev–Trinajstić information content (AvgIpc) is 3.37. The second-order valence-electron chi connectivity index (χ2n) is 9.58. The van der Waals surface area contributed by atoms with Crippen molar-refractivity contribution in [2.45, 2.75) is 45.4 Å². The third kappa shape index (κ3) is 5.47. The van der Waals surface area contributed by atoms with Crippen LogP contribution in [-0.4, -0.2) is 48.1 Å². The molecule has 1 atom stereocenters. The topological polar surface area (TPSA) is 98.0 Å². The number of rotatable bonds is 9. The summed E-state index contributed by atoms with van der Waals surface area (Å²) in [5.74, 6) is 0.196. The van der Waals surface area contributed by atoms with E-state index >= 15 is 0 Å². The Balaban J connectivity index is 1.63. The first kappa shape index (κ1) is 27.8. The summed E-state index contributed by atoms with van der Waals surface area (Å²) in [4.78, 5) is 40.5. The van der Waals surface area contributed by atoms with Crippen LogP contribution in [0.4, 0.5) is 0 Å². The zero-order valence-corrected chi connectivity index (χ0v) is 23.6. The molecule has 0 aliphatic carbocycles. The van der Waals surface area contributed by atoms with E-state index in [1.54, 1.807) is 42.9 Å². The van der Waals surface area contributed by atoms with Gasteiger partial charge in [-0.15, -0.1) is 11.3 Å². The van der Waals surface area contributed by atoms with Crippen LogP contribution in [0.5, 0.6) is 5.75 Å². The molecule has 1 fully saturated rings. The molecule has 1 saturated heterocycles. The maximum Gasteiger partial charge on any atom is 0.338 e. The molecule has 5 rings (SSSR count). The van der Waals surface area contributed by atoms with Gasteiger partial charge in [-0.05, 0) is 68.0 Å². The van der Waals surface area contributed by atoms with Crippen LogP contribution in [0.1, 0.15) is 47.4 Å². The number of hydrogen-bond acceptors (Lipinski definition) is 8. The summed E-state index contributed by atoms with van der Waals surface area (Å²) in [7, 11) is 1.61. The van der Waals surface area contributed by atoms with E-state index in [9.17, 15) is 14.4 Å². The minimum atomic E-state index is -0.514. The molecule has 0 amide bonds. The van der Waals surface area contributed by atoms with Crippen molar-refractivity contribution in [2.75, 3.05) is 26.9 Å². The summed E-state index contributed by atoms with van der Waals surface area (Å²) in [6.45, 7) is 5.25. The summed E-state index contributed by atoms with van der Waals surface area (Å²) in [5, 5.41) is 2.36. The molecule has 40 heavy (non-hydrogen) atoms. The molecular formula is C30H32N2O7S. The number of fused-ring (bicyclic) bond motifs is 1. The molecule has 3 heterocycles. The van der Waals surface area contributed by atoms with Gasteiger partial charge >= 0.3 is 11.7 Å². The molecule has 2 aromatic carbocycles. The van der Waals surface area contributed by atoms with E-state index in [-0.39, 0.29) is 19.3 Å². The van der Waals surface area contributed by atoms with Crippen LogP contribution in [0.15, 0.2) is 63.5 Å². The van der Waals surface area contributed by atoms with Gasteiger partial charge < -0.3 is 18.9 Å². The highest BCUT2D eigenvalue weighted by atomic mass is 32.1. The van der Waals surface area contributed by atoms with Gasteiger partial charge in [0.05, 0.1) is 43.0 Å². The predicted octanol–water partition coefficient (Wildman–Crippen LogP) is 4.64. The van der Waals surface area contributed by atoms with Crippen molar-refractivity contribution < 1.29 is 23.7 Å². The second kappa shape index (κ2) is 12.2. The quantitative estimate of drug-likeness (QED) is 0.273. The Labute approximate surface area is 235 Å². The Bertz CT molecular complexity index is 1610. The van der Waals surface area contributed by atoms with E-state index in [4.69, 9.17) is 18.9 Å². The lowest BCUT2D eigenvalue weighted by atomic mass is 10.1. The number of aromatic nitrogens is 2. The van der Waals surface area contributed by atoms with Gasteiger partial charge in [0.15, 0.2) is 0 Å². The van der Waals surface area contributed by atoms with Crippen LogP contribution in [0.2, 0.25) is 0 Å². The molecule has 0 bridgehead atoms. The van der Waals surface area contributed by atoms with Gasteiger partial charge in [-0.25, -0.2) is 14.2 Å². The molecule has 0 spiro atoms. The fourth-order valence-electron chi connectivity index (χ4n) is 5.00. The summed E-state index contributed by atoms with van der Waals surface area (Å²) in [5.41, 5.74) is 1.42. The van der Waals surface area contributed by atoms with Crippen molar-refractivity contribution in [2.24, 2.45) is 0 Å². The van der Waals surface area contributed by atoms with Crippen LogP contribution < -0.4 is 16.0 Å². The lowest BCUT2D eigenvalue weighted by Crippen LogP contribution is -2.40. The number of ether oxygens (including phenoxy) is 4. The highest BCUT2D eigenvalue weighted by Crippen LogP contribution is 2.33. The number of methoxy groups -OCH3 is 1. The van der Waals surface area contributed by atoms with E-state index in [1.165, 1.54) is 11.3 Å². The fraction of sp³-hybridized carbons (Fsp3) is 0.367. The fourth-order valence-corrected chi connectivity index (χ4v) is 6.05. The van der Waals surface area contributed by atoms with Gasteiger partial charge in [0, 0.05) is 18.8 Å². The number of benzene rings is 2. The van der Waals surface area contributed by atoms with Crippen molar-refractivity contribution in [3.63, 3.8) is 0 Å². The number of thiophene rings is 1. The van der Waals surface area contributed by atoms with Gasteiger partial charge in [-0.3, -0.25) is 9.36 Å². The van der Waals surface area contributed by atoms with Crippen LogP contribution in [0, 0.1) is 6.92 Å². The summed E-state index contributed by atoms with van der Waals surface area (Å²) in [6.07, 6.45) is 0.946. The number of aryl methyl sites for hydroxylation is 1. The van der Waals surface area contributed by atoms with Crippen molar-refractivity contribution >= 4 is 27.5 Å². The minimum absolute atomic E-state index is 0.0405. The van der Waals surface area contributed by atoms with Crippen LogP contribution in [0.3, 0.4) is 0 Å². The van der Waals surface area contributed by atoms with Gasteiger partial charge in [0.2, 0.25) is 0 Å². The number of carbonyl (C=O) groups is 1. The summed E-state index contributed by atoms with van der Waals surface area (Å²) < 4.78 is 25.6. The van der Waals surface area contributed by atoms with E-state index in [1.807, 2.05) is 36.6 Å². The average molecular weight is 565 g/mol.